The van der Waals surface area contributed by atoms with Crippen LogP contribution < -0.4 is 11.1 Å². The van der Waals surface area contributed by atoms with Gasteiger partial charge in [-0.25, -0.2) is 0 Å². The third kappa shape index (κ3) is 4.20. The Morgan fingerprint density at radius 2 is 1.72 bits per heavy atom. The Kier molecular flexibility index (Phi) is 4.81. The predicted molar refractivity (Wildman–Crippen MR) is 90.0 cm³/mol. The number of rotatable bonds is 3. The van der Waals surface area contributed by atoms with Crippen LogP contribution in [0.4, 0.5) is 13.2 Å². The fourth-order valence-electron chi connectivity index (χ4n) is 3.13. The number of carbonyl (C=O) groups is 1. The molecule has 6 heteroatoms. The lowest BCUT2D eigenvalue weighted by Crippen LogP contribution is -2.34. The second-order valence-electron chi connectivity index (χ2n) is 6.40. The number of hydrogen-bond donors (Lipinski definition) is 2. The van der Waals surface area contributed by atoms with E-state index in [1.165, 1.54) is 6.07 Å². The molecule has 25 heavy (non-hydrogen) atoms. The molecule has 0 spiro atoms. The topological polar surface area (TPSA) is 55.1 Å². The van der Waals surface area contributed by atoms with Gasteiger partial charge in [-0.1, -0.05) is 24.3 Å². The third-order valence-electron chi connectivity index (χ3n) is 4.46. The van der Waals surface area contributed by atoms with Gasteiger partial charge in [0, 0.05) is 17.6 Å². The Bertz CT molecular complexity index is 773. The van der Waals surface area contributed by atoms with E-state index in [1.54, 1.807) is 30.3 Å². The van der Waals surface area contributed by atoms with Gasteiger partial charge in [-0.15, -0.1) is 0 Å². The van der Waals surface area contributed by atoms with Gasteiger partial charge in [0.2, 0.25) is 0 Å². The van der Waals surface area contributed by atoms with Crippen LogP contribution in [0.25, 0.3) is 11.1 Å². The summed E-state index contributed by atoms with van der Waals surface area (Å²) in [5.41, 5.74) is 6.56. The molecule has 0 aliphatic heterocycles. The summed E-state index contributed by atoms with van der Waals surface area (Å²) < 4.78 is 38.6. The maximum absolute atomic E-state index is 12.9. The van der Waals surface area contributed by atoms with Gasteiger partial charge in [0.1, 0.15) is 0 Å². The van der Waals surface area contributed by atoms with E-state index in [-0.39, 0.29) is 18.0 Å². The Morgan fingerprint density at radius 1 is 1.04 bits per heavy atom. The fraction of sp³-hybridized carbons (Fsp3) is 0.316. The van der Waals surface area contributed by atoms with Crippen molar-refractivity contribution < 1.29 is 18.0 Å². The first-order valence-corrected chi connectivity index (χ1v) is 8.17. The molecule has 2 aromatic carbocycles. The second-order valence-corrected chi connectivity index (χ2v) is 6.40. The van der Waals surface area contributed by atoms with Crippen molar-refractivity contribution in [2.24, 2.45) is 5.73 Å². The predicted octanol–water partition coefficient (Wildman–Crippen LogP) is 3.98. The molecular formula is C19H19F3N2O. The van der Waals surface area contributed by atoms with E-state index >= 15 is 0 Å². The molecule has 1 fully saturated rings. The molecule has 132 valence electrons. The van der Waals surface area contributed by atoms with Crippen molar-refractivity contribution in [3.05, 3.63) is 59.7 Å². The van der Waals surface area contributed by atoms with Gasteiger partial charge >= 0.3 is 6.18 Å². The van der Waals surface area contributed by atoms with Gasteiger partial charge < -0.3 is 11.1 Å². The molecule has 1 saturated carbocycles. The lowest BCUT2D eigenvalue weighted by atomic mass is 10.0. The van der Waals surface area contributed by atoms with Crippen molar-refractivity contribution in [2.75, 3.05) is 0 Å². The summed E-state index contributed by atoms with van der Waals surface area (Å²) in [5.74, 6) is -0.229. The molecule has 1 aliphatic carbocycles. The van der Waals surface area contributed by atoms with Crippen LogP contribution in [0.3, 0.4) is 0 Å². The van der Waals surface area contributed by atoms with Gasteiger partial charge in [0.25, 0.3) is 5.91 Å². The second kappa shape index (κ2) is 6.88. The zero-order valence-corrected chi connectivity index (χ0v) is 13.5. The summed E-state index contributed by atoms with van der Waals surface area (Å²) in [6.07, 6.45) is -1.92. The van der Waals surface area contributed by atoms with Gasteiger partial charge in [-0.3, -0.25) is 4.79 Å². The summed E-state index contributed by atoms with van der Waals surface area (Å²) in [6, 6.07) is 11.9. The monoisotopic (exact) mass is 348 g/mol. The van der Waals surface area contributed by atoms with Crippen LogP contribution in [0.1, 0.15) is 35.2 Å². The highest BCUT2D eigenvalue weighted by Crippen LogP contribution is 2.32. The normalized spacial score (nSPS) is 20.5. The molecule has 1 amide bonds. The molecule has 2 atom stereocenters. The maximum Gasteiger partial charge on any atom is 0.416 e. The number of carbonyl (C=O) groups excluding carboxylic acids is 1. The van der Waals surface area contributed by atoms with Crippen LogP contribution in [-0.2, 0) is 6.18 Å². The molecule has 0 heterocycles. The summed E-state index contributed by atoms with van der Waals surface area (Å²) in [5, 5.41) is 2.94. The zero-order valence-electron chi connectivity index (χ0n) is 13.5. The van der Waals surface area contributed by atoms with Crippen LogP contribution in [0, 0.1) is 0 Å². The summed E-state index contributed by atoms with van der Waals surface area (Å²) >= 11 is 0. The Morgan fingerprint density at radius 3 is 2.36 bits per heavy atom. The van der Waals surface area contributed by atoms with E-state index in [4.69, 9.17) is 5.73 Å². The van der Waals surface area contributed by atoms with Gasteiger partial charge in [-0.05, 0) is 54.7 Å². The Hall–Kier alpha value is -2.34. The van der Waals surface area contributed by atoms with E-state index in [0.29, 0.717) is 16.7 Å². The number of amides is 1. The van der Waals surface area contributed by atoms with Crippen LogP contribution in [0.5, 0.6) is 0 Å². The number of halogens is 3. The van der Waals surface area contributed by atoms with Crippen molar-refractivity contribution in [1.29, 1.82) is 0 Å². The van der Waals surface area contributed by atoms with Gasteiger partial charge in [0.15, 0.2) is 0 Å². The molecular weight excluding hydrogens is 329 g/mol. The summed E-state index contributed by atoms with van der Waals surface area (Å²) in [4.78, 5) is 12.4. The molecule has 3 N–H and O–H groups in total. The maximum atomic E-state index is 12.9. The highest BCUT2D eigenvalue weighted by atomic mass is 19.4. The summed E-state index contributed by atoms with van der Waals surface area (Å²) in [6.45, 7) is 0. The van der Waals surface area contributed by atoms with Crippen LogP contribution >= 0.6 is 0 Å². The quantitative estimate of drug-likeness (QED) is 0.881. The van der Waals surface area contributed by atoms with Crippen molar-refractivity contribution in [1.82, 2.24) is 5.32 Å². The standard InChI is InChI=1S/C19H19F3N2O/c20-19(21,22)15-6-2-4-13(10-15)12-3-1-5-14(9-12)18(25)24-17-8-7-16(23)11-17/h1-6,9-10,16-17H,7-8,11,23H2,(H,24,25)/t16-,17+/m1/s1. The van der Waals surface area contributed by atoms with E-state index in [1.807, 2.05) is 0 Å². The Balaban J connectivity index is 1.81. The van der Waals surface area contributed by atoms with Crippen LogP contribution in [0.2, 0.25) is 0 Å². The minimum absolute atomic E-state index is 0.0553. The third-order valence-corrected chi connectivity index (χ3v) is 4.46. The van der Waals surface area contributed by atoms with Crippen LogP contribution in [-0.4, -0.2) is 18.0 Å². The molecule has 0 aromatic heterocycles. The van der Waals surface area contributed by atoms with Crippen molar-refractivity contribution in [3.8, 4) is 11.1 Å². The average molecular weight is 348 g/mol. The zero-order chi connectivity index (χ0) is 18.0. The number of benzene rings is 2. The van der Waals surface area contributed by atoms with Gasteiger partial charge in [0.05, 0.1) is 5.56 Å². The highest BCUT2D eigenvalue weighted by Gasteiger charge is 2.30. The molecule has 3 nitrogen and oxygen atoms in total. The molecule has 3 rings (SSSR count). The number of nitrogens with two attached hydrogens (primary N) is 1. The van der Waals surface area contributed by atoms with Crippen molar-refractivity contribution in [3.63, 3.8) is 0 Å². The largest absolute Gasteiger partial charge is 0.416 e. The first-order chi connectivity index (χ1) is 11.8. The van der Waals surface area contributed by atoms with E-state index < -0.39 is 11.7 Å². The number of alkyl halides is 3. The summed E-state index contributed by atoms with van der Waals surface area (Å²) in [7, 11) is 0. The molecule has 0 bridgehead atoms. The molecule has 0 radical (unpaired) electrons. The average Bonchev–Trinajstić information content (AvgIpc) is 2.99. The lowest BCUT2D eigenvalue weighted by Gasteiger charge is -2.13. The van der Waals surface area contributed by atoms with E-state index in [9.17, 15) is 18.0 Å². The fourth-order valence-corrected chi connectivity index (χ4v) is 3.13. The molecule has 0 unspecified atom stereocenters. The first kappa shape index (κ1) is 17.5. The molecule has 2 aromatic rings. The lowest BCUT2D eigenvalue weighted by molar-refractivity contribution is -0.137. The minimum Gasteiger partial charge on any atom is -0.349 e. The first-order valence-electron chi connectivity index (χ1n) is 8.17. The number of hydrogen-bond acceptors (Lipinski definition) is 2. The Labute approximate surface area is 144 Å². The molecule has 1 aliphatic rings. The van der Waals surface area contributed by atoms with E-state index in [0.717, 1.165) is 31.4 Å². The van der Waals surface area contributed by atoms with Crippen molar-refractivity contribution >= 4 is 5.91 Å². The van der Waals surface area contributed by atoms with Crippen LogP contribution in [0.15, 0.2) is 48.5 Å². The molecule has 0 saturated heterocycles. The number of nitrogens with one attached hydrogen (secondary N) is 1. The highest BCUT2D eigenvalue weighted by molar-refractivity contribution is 5.95. The van der Waals surface area contributed by atoms with Gasteiger partial charge in [-0.2, -0.15) is 13.2 Å². The SMILES string of the molecule is N[C@@H]1CC[C@H](NC(=O)c2cccc(-c3cccc(C(F)(F)F)c3)c2)C1. The van der Waals surface area contributed by atoms with E-state index in [2.05, 4.69) is 5.32 Å². The minimum atomic E-state index is -4.40. The van der Waals surface area contributed by atoms with Crippen molar-refractivity contribution in [2.45, 2.75) is 37.5 Å². The smallest absolute Gasteiger partial charge is 0.349 e.